The molecule has 0 saturated heterocycles. The van der Waals surface area contributed by atoms with Gasteiger partial charge in [0.05, 0.1) is 16.9 Å². The Morgan fingerprint density at radius 2 is 2.05 bits per heavy atom. The number of aryl methyl sites for hydroxylation is 2. The number of halogens is 1. The highest BCUT2D eigenvalue weighted by atomic mass is 35.5. The van der Waals surface area contributed by atoms with Gasteiger partial charge in [-0.25, -0.2) is 4.98 Å². The predicted molar refractivity (Wildman–Crippen MR) is 86.6 cm³/mol. The first kappa shape index (κ1) is 15.8. The molecule has 1 amide bonds. The van der Waals surface area contributed by atoms with Crippen molar-refractivity contribution in [1.82, 2.24) is 14.5 Å². The predicted octanol–water partition coefficient (Wildman–Crippen LogP) is 3.34. The summed E-state index contributed by atoms with van der Waals surface area (Å²) < 4.78 is 2.06. The van der Waals surface area contributed by atoms with Crippen LogP contribution in [0.5, 0.6) is 0 Å². The van der Waals surface area contributed by atoms with Crippen LogP contribution in [0.25, 0.3) is 11.0 Å². The second-order valence-corrected chi connectivity index (χ2v) is 5.39. The molecule has 0 atom stereocenters. The van der Waals surface area contributed by atoms with Crippen LogP contribution < -0.4 is 0 Å². The molecule has 114 valence electrons. The van der Waals surface area contributed by atoms with Gasteiger partial charge in [-0.3, -0.25) is 4.79 Å². The number of carbonyl (C=O) groups excluding carboxylic acids is 1. The summed E-state index contributed by atoms with van der Waals surface area (Å²) in [6, 6.07) is 6.16. The van der Waals surface area contributed by atoms with Gasteiger partial charge in [0, 0.05) is 26.1 Å². The van der Waals surface area contributed by atoms with E-state index in [9.17, 15) is 4.79 Å². The Bertz CT molecular complexity index is 632. The Labute approximate surface area is 130 Å². The topological polar surface area (TPSA) is 38.1 Å². The fourth-order valence-corrected chi connectivity index (χ4v) is 2.79. The van der Waals surface area contributed by atoms with Crippen molar-refractivity contribution < 1.29 is 4.79 Å². The molecule has 0 unspecified atom stereocenters. The van der Waals surface area contributed by atoms with Crippen LogP contribution in [0.1, 0.15) is 31.7 Å². The van der Waals surface area contributed by atoms with E-state index in [4.69, 9.17) is 11.6 Å². The molecule has 0 bridgehead atoms. The summed E-state index contributed by atoms with van der Waals surface area (Å²) in [6.45, 7) is 8.17. The third-order valence-corrected chi connectivity index (χ3v) is 4.01. The standard InChI is InChI=1S/C16H22ClN3O/c1-4-19(5-2)16(21)8-9-20-14-7-6-12(3)10-13(14)18-15(20)11-17/h6-7,10H,4-5,8-9,11H2,1-3H3. The number of alkyl halides is 1. The number of nitrogens with zero attached hydrogens (tertiary/aromatic N) is 3. The van der Waals surface area contributed by atoms with E-state index in [-0.39, 0.29) is 5.91 Å². The second-order valence-electron chi connectivity index (χ2n) is 5.12. The average Bonchev–Trinajstić information content (AvgIpc) is 2.83. The smallest absolute Gasteiger partial charge is 0.224 e. The first-order valence-electron chi connectivity index (χ1n) is 7.40. The highest BCUT2D eigenvalue weighted by Crippen LogP contribution is 2.19. The van der Waals surface area contributed by atoms with E-state index in [0.717, 1.165) is 29.9 Å². The zero-order valence-electron chi connectivity index (χ0n) is 12.9. The lowest BCUT2D eigenvalue weighted by molar-refractivity contribution is -0.131. The lowest BCUT2D eigenvalue weighted by Crippen LogP contribution is -2.31. The first-order chi connectivity index (χ1) is 10.1. The van der Waals surface area contributed by atoms with E-state index in [2.05, 4.69) is 21.7 Å². The van der Waals surface area contributed by atoms with Gasteiger partial charge in [-0.05, 0) is 38.5 Å². The Hall–Kier alpha value is -1.55. The minimum absolute atomic E-state index is 0.175. The van der Waals surface area contributed by atoms with Crippen LogP contribution >= 0.6 is 11.6 Å². The van der Waals surface area contributed by atoms with Crippen LogP contribution in [0.3, 0.4) is 0 Å². The summed E-state index contributed by atoms with van der Waals surface area (Å²) in [5.74, 6) is 1.35. The number of imidazole rings is 1. The minimum atomic E-state index is 0.175. The molecule has 0 aliphatic rings. The Kier molecular flexibility index (Phi) is 5.23. The summed E-state index contributed by atoms with van der Waals surface area (Å²) in [7, 11) is 0. The van der Waals surface area contributed by atoms with Gasteiger partial charge in [-0.2, -0.15) is 0 Å². The van der Waals surface area contributed by atoms with Crippen molar-refractivity contribution in [3.05, 3.63) is 29.6 Å². The molecular formula is C16H22ClN3O. The molecule has 0 saturated carbocycles. The Morgan fingerprint density at radius 1 is 1.33 bits per heavy atom. The zero-order valence-corrected chi connectivity index (χ0v) is 13.7. The van der Waals surface area contributed by atoms with Gasteiger partial charge in [-0.1, -0.05) is 6.07 Å². The van der Waals surface area contributed by atoms with Gasteiger partial charge >= 0.3 is 0 Å². The number of benzene rings is 1. The molecule has 1 aromatic heterocycles. The lowest BCUT2D eigenvalue weighted by Gasteiger charge is -2.19. The molecule has 2 rings (SSSR count). The maximum atomic E-state index is 12.1. The van der Waals surface area contributed by atoms with E-state index in [0.29, 0.717) is 18.8 Å². The number of rotatable bonds is 6. The fraction of sp³-hybridized carbons (Fsp3) is 0.500. The van der Waals surface area contributed by atoms with E-state index in [1.165, 1.54) is 5.56 Å². The van der Waals surface area contributed by atoms with E-state index < -0.39 is 0 Å². The van der Waals surface area contributed by atoms with Crippen molar-refractivity contribution in [2.24, 2.45) is 0 Å². The number of hydrogen-bond acceptors (Lipinski definition) is 2. The largest absolute Gasteiger partial charge is 0.343 e. The molecular weight excluding hydrogens is 286 g/mol. The number of fused-ring (bicyclic) bond motifs is 1. The number of amides is 1. The molecule has 2 aromatic rings. The van der Waals surface area contributed by atoms with Crippen LogP contribution in [0, 0.1) is 6.92 Å². The van der Waals surface area contributed by atoms with Crippen LogP contribution in [-0.4, -0.2) is 33.4 Å². The van der Waals surface area contributed by atoms with Gasteiger partial charge in [-0.15, -0.1) is 11.6 Å². The van der Waals surface area contributed by atoms with Crippen molar-refractivity contribution in [3.63, 3.8) is 0 Å². The van der Waals surface area contributed by atoms with Crippen LogP contribution in [0.2, 0.25) is 0 Å². The zero-order chi connectivity index (χ0) is 15.4. The molecule has 1 heterocycles. The summed E-state index contributed by atoms with van der Waals surface area (Å²) in [5.41, 5.74) is 3.16. The highest BCUT2D eigenvalue weighted by molar-refractivity contribution is 6.16. The maximum absolute atomic E-state index is 12.1. The van der Waals surface area contributed by atoms with Crippen LogP contribution in [-0.2, 0) is 17.2 Å². The number of hydrogen-bond donors (Lipinski definition) is 0. The average molecular weight is 308 g/mol. The van der Waals surface area contributed by atoms with Crippen LogP contribution in [0.15, 0.2) is 18.2 Å². The van der Waals surface area contributed by atoms with Gasteiger partial charge in [0.25, 0.3) is 0 Å². The van der Waals surface area contributed by atoms with E-state index in [1.54, 1.807) is 0 Å². The van der Waals surface area contributed by atoms with Gasteiger partial charge in [0.1, 0.15) is 5.82 Å². The molecule has 0 radical (unpaired) electrons. The minimum Gasteiger partial charge on any atom is -0.343 e. The molecule has 1 aromatic carbocycles. The fourth-order valence-electron chi connectivity index (χ4n) is 2.58. The van der Waals surface area contributed by atoms with Gasteiger partial charge in [0.15, 0.2) is 0 Å². The second kappa shape index (κ2) is 6.94. The van der Waals surface area contributed by atoms with E-state index in [1.807, 2.05) is 31.7 Å². The molecule has 4 nitrogen and oxygen atoms in total. The molecule has 0 N–H and O–H groups in total. The lowest BCUT2D eigenvalue weighted by atomic mass is 10.2. The first-order valence-corrected chi connectivity index (χ1v) is 7.93. The maximum Gasteiger partial charge on any atom is 0.224 e. The Balaban J connectivity index is 2.23. The highest BCUT2D eigenvalue weighted by Gasteiger charge is 2.14. The van der Waals surface area contributed by atoms with Crippen molar-refractivity contribution in [1.29, 1.82) is 0 Å². The third kappa shape index (κ3) is 3.38. The summed E-state index contributed by atoms with van der Waals surface area (Å²) in [5, 5.41) is 0. The third-order valence-electron chi connectivity index (χ3n) is 3.77. The number of carbonyl (C=O) groups is 1. The van der Waals surface area contributed by atoms with Gasteiger partial charge < -0.3 is 9.47 Å². The summed E-state index contributed by atoms with van der Waals surface area (Å²) in [4.78, 5) is 18.6. The number of aromatic nitrogens is 2. The molecule has 0 fully saturated rings. The van der Waals surface area contributed by atoms with Crippen molar-refractivity contribution >= 4 is 28.5 Å². The van der Waals surface area contributed by atoms with Crippen molar-refractivity contribution in [2.75, 3.05) is 13.1 Å². The molecule has 21 heavy (non-hydrogen) atoms. The normalized spacial score (nSPS) is 11.0. The molecule has 0 aliphatic heterocycles. The van der Waals surface area contributed by atoms with E-state index >= 15 is 0 Å². The Morgan fingerprint density at radius 3 is 2.67 bits per heavy atom. The summed E-state index contributed by atoms with van der Waals surface area (Å²) in [6.07, 6.45) is 0.477. The molecule has 0 spiro atoms. The molecule has 5 heteroatoms. The van der Waals surface area contributed by atoms with Crippen molar-refractivity contribution in [2.45, 2.75) is 39.6 Å². The van der Waals surface area contributed by atoms with Crippen molar-refractivity contribution in [3.8, 4) is 0 Å². The molecule has 0 aliphatic carbocycles. The van der Waals surface area contributed by atoms with Gasteiger partial charge in [0.2, 0.25) is 5.91 Å². The SMILES string of the molecule is CCN(CC)C(=O)CCn1c(CCl)nc2cc(C)ccc21. The quantitative estimate of drug-likeness (QED) is 0.768. The summed E-state index contributed by atoms with van der Waals surface area (Å²) >= 11 is 6.00. The van der Waals surface area contributed by atoms with Crippen LogP contribution in [0.4, 0.5) is 0 Å². The monoisotopic (exact) mass is 307 g/mol.